The molecule has 0 fully saturated rings. The fraction of sp³-hybridized carbons (Fsp3) is 0.357. The molecule has 0 aliphatic carbocycles. The molecule has 6 nitrogen and oxygen atoms in total. The molecular formula is C14H19N5O. The summed E-state index contributed by atoms with van der Waals surface area (Å²) in [5, 5.41) is 6.04. The lowest BCUT2D eigenvalue weighted by Gasteiger charge is -2.07. The zero-order valence-electron chi connectivity index (χ0n) is 11.8. The van der Waals surface area contributed by atoms with E-state index in [9.17, 15) is 4.79 Å². The molecule has 2 rings (SSSR count). The van der Waals surface area contributed by atoms with Gasteiger partial charge in [0.2, 0.25) is 0 Å². The average molecular weight is 273 g/mol. The monoisotopic (exact) mass is 273 g/mol. The van der Waals surface area contributed by atoms with Crippen molar-refractivity contribution >= 4 is 11.6 Å². The van der Waals surface area contributed by atoms with E-state index in [1.165, 1.54) is 0 Å². The third kappa shape index (κ3) is 3.57. The Hall–Kier alpha value is -2.37. The van der Waals surface area contributed by atoms with Crippen LogP contribution in [0, 0.1) is 0 Å². The first-order valence-electron chi connectivity index (χ1n) is 6.65. The molecule has 0 spiro atoms. The number of aryl methyl sites for hydroxylation is 1. The summed E-state index contributed by atoms with van der Waals surface area (Å²) in [5.74, 6) is 0.603. The molecule has 0 aromatic carbocycles. The van der Waals surface area contributed by atoms with Crippen molar-refractivity contribution in [2.75, 3.05) is 11.9 Å². The van der Waals surface area contributed by atoms with Crippen molar-refractivity contribution in [2.24, 2.45) is 7.05 Å². The standard InChI is InChI=1S/C14H19N5O/c1-3-5-15-11-4-6-16-12(9-11)14(20)18-10-13-17-7-8-19(13)2/h4,6-9H,3,5,10H2,1-2H3,(H,15,16)(H,18,20). The molecule has 1 amide bonds. The van der Waals surface area contributed by atoms with Crippen molar-refractivity contribution in [1.82, 2.24) is 19.9 Å². The molecule has 0 saturated heterocycles. The van der Waals surface area contributed by atoms with Gasteiger partial charge in [-0.05, 0) is 18.6 Å². The number of carbonyl (C=O) groups excluding carboxylic acids is 1. The summed E-state index contributed by atoms with van der Waals surface area (Å²) in [7, 11) is 1.89. The van der Waals surface area contributed by atoms with Gasteiger partial charge >= 0.3 is 0 Å². The van der Waals surface area contributed by atoms with E-state index in [1.807, 2.05) is 23.9 Å². The van der Waals surface area contributed by atoms with Gasteiger partial charge in [-0.15, -0.1) is 0 Å². The molecule has 0 bridgehead atoms. The second-order valence-corrected chi connectivity index (χ2v) is 4.49. The molecular weight excluding hydrogens is 254 g/mol. The smallest absolute Gasteiger partial charge is 0.270 e. The molecule has 2 aromatic heterocycles. The summed E-state index contributed by atoms with van der Waals surface area (Å²) in [5.41, 5.74) is 1.31. The highest BCUT2D eigenvalue weighted by molar-refractivity contribution is 5.92. The molecule has 0 radical (unpaired) electrons. The number of aromatic nitrogens is 3. The van der Waals surface area contributed by atoms with E-state index in [2.05, 4.69) is 27.5 Å². The summed E-state index contributed by atoms with van der Waals surface area (Å²) in [6.45, 7) is 3.35. The maximum Gasteiger partial charge on any atom is 0.270 e. The van der Waals surface area contributed by atoms with Crippen LogP contribution in [0.5, 0.6) is 0 Å². The molecule has 0 atom stereocenters. The lowest BCUT2D eigenvalue weighted by atomic mass is 10.3. The summed E-state index contributed by atoms with van der Waals surface area (Å²) >= 11 is 0. The van der Waals surface area contributed by atoms with Crippen molar-refractivity contribution < 1.29 is 4.79 Å². The highest BCUT2D eigenvalue weighted by atomic mass is 16.1. The molecule has 2 N–H and O–H groups in total. The number of anilines is 1. The molecule has 2 aromatic rings. The van der Waals surface area contributed by atoms with E-state index in [1.54, 1.807) is 18.5 Å². The van der Waals surface area contributed by atoms with Gasteiger partial charge in [0.1, 0.15) is 11.5 Å². The van der Waals surface area contributed by atoms with Crippen LogP contribution in [0.2, 0.25) is 0 Å². The number of hydrogen-bond acceptors (Lipinski definition) is 4. The number of carbonyl (C=O) groups is 1. The van der Waals surface area contributed by atoms with Gasteiger partial charge in [-0.2, -0.15) is 0 Å². The molecule has 106 valence electrons. The van der Waals surface area contributed by atoms with Gasteiger partial charge in [0.05, 0.1) is 6.54 Å². The summed E-state index contributed by atoms with van der Waals surface area (Å²) in [4.78, 5) is 20.3. The van der Waals surface area contributed by atoms with Crippen LogP contribution in [0.15, 0.2) is 30.7 Å². The Kier molecular flexibility index (Phi) is 4.70. The Morgan fingerprint density at radius 2 is 2.20 bits per heavy atom. The number of nitrogens with one attached hydrogen (secondary N) is 2. The van der Waals surface area contributed by atoms with Crippen LogP contribution in [0.4, 0.5) is 5.69 Å². The van der Waals surface area contributed by atoms with Crippen LogP contribution in [-0.4, -0.2) is 27.0 Å². The minimum Gasteiger partial charge on any atom is -0.385 e. The lowest BCUT2D eigenvalue weighted by Crippen LogP contribution is -2.25. The Morgan fingerprint density at radius 1 is 1.35 bits per heavy atom. The van der Waals surface area contributed by atoms with Gasteiger partial charge in [0.15, 0.2) is 0 Å². The number of pyridine rings is 1. The Balaban J connectivity index is 1.96. The van der Waals surface area contributed by atoms with Crippen LogP contribution in [0.3, 0.4) is 0 Å². The van der Waals surface area contributed by atoms with Crippen LogP contribution in [0.1, 0.15) is 29.7 Å². The van der Waals surface area contributed by atoms with Gasteiger partial charge < -0.3 is 15.2 Å². The second kappa shape index (κ2) is 6.70. The molecule has 0 aliphatic heterocycles. The van der Waals surface area contributed by atoms with E-state index in [-0.39, 0.29) is 5.91 Å². The van der Waals surface area contributed by atoms with Crippen molar-refractivity contribution in [1.29, 1.82) is 0 Å². The second-order valence-electron chi connectivity index (χ2n) is 4.49. The maximum atomic E-state index is 12.0. The number of rotatable bonds is 6. The van der Waals surface area contributed by atoms with Gasteiger partial charge in [-0.25, -0.2) is 4.98 Å². The van der Waals surface area contributed by atoms with Gasteiger partial charge in [-0.1, -0.05) is 6.92 Å². The fourth-order valence-electron chi connectivity index (χ4n) is 1.75. The largest absolute Gasteiger partial charge is 0.385 e. The average Bonchev–Trinajstić information content (AvgIpc) is 2.88. The Bertz CT molecular complexity index is 578. The minimum absolute atomic E-state index is 0.201. The molecule has 2 heterocycles. The molecule has 0 unspecified atom stereocenters. The highest BCUT2D eigenvalue weighted by Crippen LogP contribution is 2.08. The van der Waals surface area contributed by atoms with Crippen molar-refractivity contribution in [3.63, 3.8) is 0 Å². The zero-order valence-corrected chi connectivity index (χ0v) is 11.8. The maximum absolute atomic E-state index is 12.0. The quantitative estimate of drug-likeness (QED) is 0.838. The predicted octanol–water partition coefficient (Wildman–Crippen LogP) is 1.57. The fourth-order valence-corrected chi connectivity index (χ4v) is 1.75. The van der Waals surface area contributed by atoms with Gasteiger partial charge in [0, 0.05) is 37.9 Å². The topological polar surface area (TPSA) is 71.8 Å². The Labute approximate surface area is 118 Å². The Morgan fingerprint density at radius 3 is 2.90 bits per heavy atom. The predicted molar refractivity (Wildman–Crippen MR) is 77.4 cm³/mol. The summed E-state index contributed by atoms with van der Waals surface area (Å²) in [6.07, 6.45) is 6.21. The van der Waals surface area contributed by atoms with E-state index in [0.717, 1.165) is 24.5 Å². The number of amides is 1. The van der Waals surface area contributed by atoms with E-state index in [4.69, 9.17) is 0 Å². The van der Waals surface area contributed by atoms with Crippen molar-refractivity contribution in [3.8, 4) is 0 Å². The zero-order chi connectivity index (χ0) is 14.4. The molecule has 6 heteroatoms. The molecule has 20 heavy (non-hydrogen) atoms. The van der Waals surface area contributed by atoms with E-state index < -0.39 is 0 Å². The first-order chi connectivity index (χ1) is 9.70. The number of imidazole rings is 1. The van der Waals surface area contributed by atoms with Gasteiger partial charge in [-0.3, -0.25) is 9.78 Å². The first kappa shape index (κ1) is 14.0. The summed E-state index contributed by atoms with van der Waals surface area (Å²) < 4.78 is 1.87. The van der Waals surface area contributed by atoms with Crippen molar-refractivity contribution in [3.05, 3.63) is 42.2 Å². The van der Waals surface area contributed by atoms with Crippen LogP contribution >= 0.6 is 0 Å². The van der Waals surface area contributed by atoms with Gasteiger partial charge in [0.25, 0.3) is 5.91 Å². The first-order valence-corrected chi connectivity index (χ1v) is 6.65. The highest BCUT2D eigenvalue weighted by Gasteiger charge is 2.09. The molecule has 0 saturated carbocycles. The number of hydrogen-bond donors (Lipinski definition) is 2. The molecule has 0 aliphatic rings. The third-order valence-corrected chi connectivity index (χ3v) is 2.90. The number of nitrogens with zero attached hydrogens (tertiary/aromatic N) is 3. The SMILES string of the molecule is CCCNc1ccnc(C(=O)NCc2nccn2C)c1. The van der Waals surface area contributed by atoms with E-state index >= 15 is 0 Å². The van der Waals surface area contributed by atoms with Crippen LogP contribution < -0.4 is 10.6 Å². The normalized spacial score (nSPS) is 10.3. The van der Waals surface area contributed by atoms with Crippen LogP contribution in [-0.2, 0) is 13.6 Å². The summed E-state index contributed by atoms with van der Waals surface area (Å²) in [6, 6.07) is 3.61. The van der Waals surface area contributed by atoms with E-state index in [0.29, 0.717) is 12.2 Å². The minimum atomic E-state index is -0.201. The van der Waals surface area contributed by atoms with Crippen LogP contribution in [0.25, 0.3) is 0 Å². The third-order valence-electron chi connectivity index (χ3n) is 2.90. The lowest BCUT2D eigenvalue weighted by molar-refractivity contribution is 0.0944. The van der Waals surface area contributed by atoms with Crippen molar-refractivity contribution in [2.45, 2.75) is 19.9 Å².